The number of nitrogens with zero attached hydrogens (tertiary/aromatic N) is 3. The van der Waals surface area contributed by atoms with Crippen molar-refractivity contribution < 1.29 is 9.53 Å². The molecule has 4 N–H and O–H groups in total. The van der Waals surface area contributed by atoms with E-state index in [4.69, 9.17) is 9.72 Å². The fourth-order valence-corrected chi connectivity index (χ4v) is 5.62. The van der Waals surface area contributed by atoms with E-state index in [0.29, 0.717) is 12.6 Å². The summed E-state index contributed by atoms with van der Waals surface area (Å²) < 4.78 is 5.58. The number of nitrogens with one attached hydrogen (secondary N) is 4. The molecule has 3 aliphatic rings. The maximum Gasteiger partial charge on any atom is 0.410 e. The first-order chi connectivity index (χ1) is 16.6. The maximum absolute atomic E-state index is 12.8. The molecule has 5 rings (SSSR count). The fourth-order valence-electron chi connectivity index (χ4n) is 5.62. The van der Waals surface area contributed by atoms with Gasteiger partial charge in [0.1, 0.15) is 11.6 Å². The SMILES string of the molecule is CCCCOC(=O)N1[C@@H]2CCC[C@H]1CC(Nc1nc(NC3CC(C)NN3)cc3ncccc13)C2. The summed E-state index contributed by atoms with van der Waals surface area (Å²) in [6.07, 6.45) is 9.79. The molecular formula is C25H37N7O2. The largest absolute Gasteiger partial charge is 0.449 e. The third kappa shape index (κ3) is 5.05. The number of hydrogen-bond donors (Lipinski definition) is 4. The number of ether oxygens (including phenoxy) is 1. The molecule has 0 aromatic carbocycles. The highest BCUT2D eigenvalue weighted by Gasteiger charge is 2.41. The Balaban J connectivity index is 1.31. The highest BCUT2D eigenvalue weighted by atomic mass is 16.6. The van der Waals surface area contributed by atoms with Crippen molar-refractivity contribution >= 4 is 28.6 Å². The van der Waals surface area contributed by atoms with Crippen LogP contribution in [0.2, 0.25) is 0 Å². The predicted octanol–water partition coefficient (Wildman–Crippen LogP) is 3.99. The molecule has 5 heterocycles. The van der Waals surface area contributed by atoms with E-state index in [2.05, 4.69) is 46.4 Å². The molecular weight excluding hydrogens is 430 g/mol. The normalized spacial score (nSPS) is 28.6. The number of fused-ring (bicyclic) bond motifs is 3. The molecule has 0 spiro atoms. The Kier molecular flexibility index (Phi) is 7.01. The lowest BCUT2D eigenvalue weighted by Crippen LogP contribution is -2.57. The lowest BCUT2D eigenvalue weighted by atomic mass is 9.82. The van der Waals surface area contributed by atoms with Crippen LogP contribution in [-0.4, -0.2) is 57.9 Å². The van der Waals surface area contributed by atoms with Crippen LogP contribution >= 0.6 is 0 Å². The smallest absolute Gasteiger partial charge is 0.410 e. The Bertz CT molecular complexity index is 988. The van der Waals surface area contributed by atoms with Crippen LogP contribution in [0.25, 0.3) is 10.9 Å². The van der Waals surface area contributed by atoms with Gasteiger partial charge in [0, 0.05) is 41.8 Å². The molecule has 5 atom stereocenters. The number of rotatable bonds is 7. The zero-order valence-corrected chi connectivity index (χ0v) is 20.2. The minimum absolute atomic E-state index is 0.123. The molecule has 3 aliphatic heterocycles. The van der Waals surface area contributed by atoms with Gasteiger partial charge < -0.3 is 20.3 Å². The van der Waals surface area contributed by atoms with Gasteiger partial charge in [-0.1, -0.05) is 13.3 Å². The van der Waals surface area contributed by atoms with Crippen LogP contribution in [-0.2, 0) is 4.74 Å². The van der Waals surface area contributed by atoms with Crippen molar-refractivity contribution in [2.45, 2.75) is 95.5 Å². The van der Waals surface area contributed by atoms with Crippen molar-refractivity contribution in [1.82, 2.24) is 25.7 Å². The Morgan fingerprint density at radius 3 is 2.76 bits per heavy atom. The number of carbonyl (C=O) groups excluding carboxylic acids is 1. The lowest BCUT2D eigenvalue weighted by Gasteiger charge is -2.48. The van der Waals surface area contributed by atoms with E-state index in [9.17, 15) is 4.79 Å². The highest BCUT2D eigenvalue weighted by Crippen LogP contribution is 2.36. The molecule has 3 fully saturated rings. The molecule has 2 aromatic rings. The average molecular weight is 468 g/mol. The van der Waals surface area contributed by atoms with Crippen LogP contribution in [0.15, 0.2) is 24.4 Å². The summed E-state index contributed by atoms with van der Waals surface area (Å²) in [6.45, 7) is 4.78. The molecule has 9 heteroatoms. The number of carbonyl (C=O) groups is 1. The first-order valence-electron chi connectivity index (χ1n) is 12.9. The van der Waals surface area contributed by atoms with Crippen LogP contribution in [0.3, 0.4) is 0 Å². The zero-order valence-electron chi connectivity index (χ0n) is 20.2. The lowest BCUT2D eigenvalue weighted by molar-refractivity contribution is 0.0194. The number of unbranched alkanes of at least 4 members (excludes halogenated alkanes) is 1. The first kappa shape index (κ1) is 23.1. The first-order valence-corrected chi connectivity index (χ1v) is 12.9. The Morgan fingerprint density at radius 2 is 2.03 bits per heavy atom. The van der Waals surface area contributed by atoms with Gasteiger partial charge >= 0.3 is 6.09 Å². The summed E-state index contributed by atoms with van der Waals surface area (Å²) in [5.41, 5.74) is 7.43. The number of anilines is 2. The molecule has 34 heavy (non-hydrogen) atoms. The second-order valence-electron chi connectivity index (χ2n) is 9.97. The maximum atomic E-state index is 12.8. The van der Waals surface area contributed by atoms with Gasteiger partial charge in [0.05, 0.1) is 18.3 Å². The quantitative estimate of drug-likeness (QED) is 0.453. The third-order valence-corrected chi connectivity index (χ3v) is 7.26. The molecule has 3 saturated heterocycles. The van der Waals surface area contributed by atoms with Gasteiger partial charge in [-0.2, -0.15) is 0 Å². The minimum atomic E-state index is -0.132. The summed E-state index contributed by atoms with van der Waals surface area (Å²) >= 11 is 0. The van der Waals surface area contributed by atoms with Gasteiger partial charge in [-0.05, 0) is 64.0 Å². The number of hydrazine groups is 1. The molecule has 1 amide bonds. The van der Waals surface area contributed by atoms with Gasteiger partial charge in [-0.15, -0.1) is 0 Å². The number of amides is 1. The molecule has 9 nitrogen and oxygen atoms in total. The van der Waals surface area contributed by atoms with Crippen molar-refractivity contribution in [2.24, 2.45) is 0 Å². The Labute approximate surface area is 201 Å². The van der Waals surface area contributed by atoms with E-state index in [0.717, 1.165) is 67.5 Å². The summed E-state index contributed by atoms with van der Waals surface area (Å²) in [5, 5.41) is 8.24. The number of piperidine rings is 2. The van der Waals surface area contributed by atoms with Crippen molar-refractivity contribution in [3.05, 3.63) is 24.4 Å². The topological polar surface area (TPSA) is 103 Å². The number of hydrogen-bond acceptors (Lipinski definition) is 8. The number of aromatic nitrogens is 2. The van der Waals surface area contributed by atoms with E-state index in [1.54, 1.807) is 0 Å². The predicted molar refractivity (Wildman–Crippen MR) is 133 cm³/mol. The molecule has 0 aliphatic carbocycles. The molecule has 2 bridgehead atoms. The van der Waals surface area contributed by atoms with Crippen LogP contribution < -0.4 is 21.5 Å². The van der Waals surface area contributed by atoms with E-state index in [-0.39, 0.29) is 30.4 Å². The van der Waals surface area contributed by atoms with Gasteiger partial charge in [0.2, 0.25) is 0 Å². The molecule has 0 saturated carbocycles. The van der Waals surface area contributed by atoms with Gasteiger partial charge in [0.25, 0.3) is 0 Å². The van der Waals surface area contributed by atoms with E-state index in [1.165, 1.54) is 6.42 Å². The second kappa shape index (κ2) is 10.3. The van der Waals surface area contributed by atoms with Crippen molar-refractivity contribution in [2.75, 3.05) is 17.2 Å². The minimum Gasteiger partial charge on any atom is -0.449 e. The standard InChI is InChI=1S/C25H37N7O2/c1-3-4-11-34-25(33)32-18-7-5-8-19(32)14-17(13-18)27-24-20-9-6-10-26-21(20)15-22(29-24)28-23-12-16(2)30-31-23/h6,9-10,15-19,23,30-31H,3-5,7-8,11-14H2,1-2H3,(H2,27,28,29)/t16?,17?,18-,19+,23?. The van der Waals surface area contributed by atoms with Crippen LogP contribution in [0.5, 0.6) is 0 Å². The van der Waals surface area contributed by atoms with E-state index in [1.807, 2.05) is 23.2 Å². The van der Waals surface area contributed by atoms with Crippen LogP contribution in [0.4, 0.5) is 16.4 Å². The zero-order chi connectivity index (χ0) is 23.5. The number of pyridine rings is 2. The summed E-state index contributed by atoms with van der Waals surface area (Å²) in [7, 11) is 0. The molecule has 3 unspecified atom stereocenters. The van der Waals surface area contributed by atoms with Gasteiger partial charge in [-0.3, -0.25) is 10.4 Å². The van der Waals surface area contributed by atoms with Crippen LogP contribution in [0.1, 0.15) is 65.2 Å². The molecule has 0 radical (unpaired) electrons. The fraction of sp³-hybridized carbons (Fsp3) is 0.640. The van der Waals surface area contributed by atoms with Crippen LogP contribution in [0, 0.1) is 0 Å². The molecule has 2 aromatic heterocycles. The highest BCUT2D eigenvalue weighted by molar-refractivity contribution is 5.91. The van der Waals surface area contributed by atoms with Crippen molar-refractivity contribution in [3.63, 3.8) is 0 Å². The monoisotopic (exact) mass is 467 g/mol. The van der Waals surface area contributed by atoms with Crippen molar-refractivity contribution in [3.8, 4) is 0 Å². The summed E-state index contributed by atoms with van der Waals surface area (Å²) in [4.78, 5) is 24.4. The Hall–Kier alpha value is -2.65. The molecule has 184 valence electrons. The average Bonchev–Trinajstić information content (AvgIpc) is 3.23. The van der Waals surface area contributed by atoms with Gasteiger partial charge in [0.15, 0.2) is 0 Å². The summed E-state index contributed by atoms with van der Waals surface area (Å²) in [6, 6.07) is 7.14. The van der Waals surface area contributed by atoms with E-state index >= 15 is 0 Å². The van der Waals surface area contributed by atoms with Crippen molar-refractivity contribution in [1.29, 1.82) is 0 Å². The third-order valence-electron chi connectivity index (χ3n) is 7.26. The second-order valence-corrected chi connectivity index (χ2v) is 9.97. The van der Waals surface area contributed by atoms with Gasteiger partial charge in [-0.25, -0.2) is 15.2 Å². The summed E-state index contributed by atoms with van der Waals surface area (Å²) in [5.74, 6) is 1.66. The van der Waals surface area contributed by atoms with E-state index < -0.39 is 0 Å². The Morgan fingerprint density at radius 1 is 1.21 bits per heavy atom.